The summed E-state index contributed by atoms with van der Waals surface area (Å²) in [5.41, 5.74) is 1.39. The van der Waals surface area contributed by atoms with E-state index in [0.717, 1.165) is 5.56 Å². The fraction of sp³-hybridized carbons (Fsp3) is 0.292. The Morgan fingerprint density at radius 1 is 1.00 bits per heavy atom. The number of imide groups is 1. The lowest BCUT2D eigenvalue weighted by Crippen LogP contribution is -2.43. The van der Waals surface area contributed by atoms with Crippen LogP contribution in [0, 0.1) is 0 Å². The van der Waals surface area contributed by atoms with E-state index >= 15 is 0 Å². The van der Waals surface area contributed by atoms with Crippen molar-refractivity contribution in [3.63, 3.8) is 0 Å². The summed E-state index contributed by atoms with van der Waals surface area (Å²) in [5.74, 6) is 0.477. The zero-order valence-electron chi connectivity index (χ0n) is 18.0. The number of para-hydroxylation sites is 1. The van der Waals surface area contributed by atoms with E-state index in [-0.39, 0.29) is 30.8 Å². The summed E-state index contributed by atoms with van der Waals surface area (Å²) < 4.78 is 5.30. The lowest BCUT2D eigenvalue weighted by Gasteiger charge is -2.23. The van der Waals surface area contributed by atoms with Crippen LogP contribution in [-0.4, -0.2) is 63.5 Å². The van der Waals surface area contributed by atoms with Gasteiger partial charge in [-0.15, -0.1) is 0 Å². The molecule has 0 N–H and O–H groups in total. The Morgan fingerprint density at radius 3 is 2.48 bits per heavy atom. The number of nitrogens with zero attached hydrogens (tertiary/aromatic N) is 5. The number of anilines is 1. The number of aryl methyl sites for hydroxylation is 1. The smallest absolute Gasteiger partial charge is 0.332 e. The Balaban J connectivity index is 1.24. The van der Waals surface area contributed by atoms with Gasteiger partial charge in [0.1, 0.15) is 6.04 Å². The third-order valence-electron chi connectivity index (χ3n) is 5.96. The molecule has 4 amide bonds. The molecule has 9 heteroatoms. The van der Waals surface area contributed by atoms with Crippen molar-refractivity contribution in [1.29, 1.82) is 0 Å². The summed E-state index contributed by atoms with van der Waals surface area (Å²) in [7, 11) is 0. The van der Waals surface area contributed by atoms with Crippen molar-refractivity contribution in [2.45, 2.75) is 25.3 Å². The van der Waals surface area contributed by atoms with Crippen molar-refractivity contribution in [2.24, 2.45) is 0 Å². The van der Waals surface area contributed by atoms with Gasteiger partial charge in [-0.3, -0.25) is 9.59 Å². The molecule has 2 aromatic carbocycles. The van der Waals surface area contributed by atoms with E-state index in [0.29, 0.717) is 43.3 Å². The summed E-state index contributed by atoms with van der Waals surface area (Å²) in [6.45, 7) is 1.12. The first-order chi connectivity index (χ1) is 16.1. The molecule has 2 fully saturated rings. The molecule has 1 atom stereocenters. The van der Waals surface area contributed by atoms with Crippen molar-refractivity contribution in [2.75, 3.05) is 24.5 Å². The Morgan fingerprint density at radius 2 is 1.73 bits per heavy atom. The molecular formula is C24H23N5O4. The number of amides is 4. The molecule has 2 aliphatic heterocycles. The summed E-state index contributed by atoms with van der Waals surface area (Å²) in [5, 5.41) is 3.99. The number of hydrogen-bond donors (Lipinski definition) is 0. The molecule has 1 unspecified atom stereocenters. The Bertz CT molecular complexity index is 1160. The fourth-order valence-corrected chi connectivity index (χ4v) is 4.27. The van der Waals surface area contributed by atoms with Crippen LogP contribution in [0.3, 0.4) is 0 Å². The topological polar surface area (TPSA) is 99.8 Å². The van der Waals surface area contributed by atoms with E-state index in [1.807, 2.05) is 36.4 Å². The zero-order chi connectivity index (χ0) is 22.8. The van der Waals surface area contributed by atoms with Crippen molar-refractivity contribution in [3.05, 3.63) is 66.6 Å². The second kappa shape index (κ2) is 8.85. The van der Waals surface area contributed by atoms with Crippen molar-refractivity contribution in [1.82, 2.24) is 19.9 Å². The molecule has 0 radical (unpaired) electrons. The van der Waals surface area contributed by atoms with Gasteiger partial charge in [0.05, 0.1) is 12.2 Å². The second-order valence-corrected chi connectivity index (χ2v) is 8.07. The van der Waals surface area contributed by atoms with E-state index in [1.54, 1.807) is 34.1 Å². The van der Waals surface area contributed by atoms with Gasteiger partial charge in [0.25, 0.3) is 5.91 Å². The standard InChI is InChI=1S/C24H23N5O4/c30-21(13-12-20-25-22(26-33-20)17-8-3-1-4-9-17)27-14-7-15-28-19(16-27)23(31)29(24(28)32)18-10-5-2-6-11-18/h1-6,8-11,19H,7,12-16H2. The number of rotatable bonds is 5. The number of carbonyl (C=O) groups excluding carboxylic acids is 3. The molecule has 0 spiro atoms. The van der Waals surface area contributed by atoms with Crippen molar-refractivity contribution in [3.8, 4) is 11.4 Å². The number of urea groups is 1. The molecule has 168 valence electrons. The van der Waals surface area contributed by atoms with Gasteiger partial charge in [0.15, 0.2) is 0 Å². The molecule has 9 nitrogen and oxygen atoms in total. The normalized spacial score (nSPS) is 18.4. The van der Waals surface area contributed by atoms with Crippen LogP contribution in [0.2, 0.25) is 0 Å². The fourth-order valence-electron chi connectivity index (χ4n) is 4.27. The molecule has 2 saturated heterocycles. The Hall–Kier alpha value is -4.01. The first kappa shape index (κ1) is 20.9. The molecule has 2 aliphatic rings. The van der Waals surface area contributed by atoms with Gasteiger partial charge in [-0.1, -0.05) is 53.7 Å². The number of hydrogen-bond acceptors (Lipinski definition) is 6. The van der Waals surface area contributed by atoms with Crippen LogP contribution >= 0.6 is 0 Å². The minimum absolute atomic E-state index is 0.102. The predicted octanol–water partition coefficient (Wildman–Crippen LogP) is 2.74. The third-order valence-corrected chi connectivity index (χ3v) is 5.96. The molecule has 3 aromatic rings. The van der Waals surface area contributed by atoms with E-state index in [1.165, 1.54) is 4.90 Å². The zero-order valence-corrected chi connectivity index (χ0v) is 18.0. The summed E-state index contributed by atoms with van der Waals surface area (Å²) in [6, 6.07) is 17.4. The van der Waals surface area contributed by atoms with E-state index < -0.39 is 6.04 Å². The molecule has 5 rings (SSSR count). The highest BCUT2D eigenvalue weighted by atomic mass is 16.5. The van der Waals surface area contributed by atoms with E-state index in [9.17, 15) is 14.4 Å². The maximum Gasteiger partial charge on any atom is 0.332 e. The highest BCUT2D eigenvalue weighted by Crippen LogP contribution is 2.27. The SMILES string of the molecule is O=C(CCc1nc(-c2ccccc2)no1)N1CCCN2C(=O)N(c3ccccc3)C(=O)C2C1. The van der Waals surface area contributed by atoms with Crippen LogP contribution in [0.4, 0.5) is 10.5 Å². The maximum atomic E-state index is 13.1. The molecule has 33 heavy (non-hydrogen) atoms. The molecule has 0 saturated carbocycles. The molecule has 0 bridgehead atoms. The van der Waals surface area contributed by atoms with Crippen LogP contribution in [-0.2, 0) is 16.0 Å². The second-order valence-electron chi connectivity index (χ2n) is 8.07. The van der Waals surface area contributed by atoms with Gasteiger partial charge < -0.3 is 14.3 Å². The van der Waals surface area contributed by atoms with Crippen LogP contribution in [0.5, 0.6) is 0 Å². The van der Waals surface area contributed by atoms with E-state index in [4.69, 9.17) is 4.52 Å². The van der Waals surface area contributed by atoms with Crippen LogP contribution < -0.4 is 4.90 Å². The molecule has 1 aromatic heterocycles. The lowest BCUT2D eigenvalue weighted by atomic mass is 10.2. The maximum absolute atomic E-state index is 13.1. The van der Waals surface area contributed by atoms with Gasteiger partial charge >= 0.3 is 6.03 Å². The van der Waals surface area contributed by atoms with Gasteiger partial charge in [-0.05, 0) is 18.6 Å². The number of aromatic nitrogens is 2. The average molecular weight is 445 g/mol. The first-order valence-corrected chi connectivity index (χ1v) is 11.0. The predicted molar refractivity (Wildman–Crippen MR) is 119 cm³/mol. The van der Waals surface area contributed by atoms with Gasteiger partial charge in [-0.2, -0.15) is 4.98 Å². The van der Waals surface area contributed by atoms with Gasteiger partial charge in [0, 0.05) is 31.5 Å². The van der Waals surface area contributed by atoms with Crippen molar-refractivity contribution >= 4 is 23.5 Å². The largest absolute Gasteiger partial charge is 0.340 e. The highest BCUT2D eigenvalue weighted by Gasteiger charge is 2.47. The minimum Gasteiger partial charge on any atom is -0.340 e. The Kier molecular flexibility index (Phi) is 5.60. The van der Waals surface area contributed by atoms with Crippen LogP contribution in [0.15, 0.2) is 65.2 Å². The summed E-state index contributed by atoms with van der Waals surface area (Å²) >= 11 is 0. The summed E-state index contributed by atoms with van der Waals surface area (Å²) in [4.78, 5) is 47.8. The van der Waals surface area contributed by atoms with Gasteiger partial charge in [-0.25, -0.2) is 9.69 Å². The number of benzene rings is 2. The van der Waals surface area contributed by atoms with Crippen LogP contribution in [0.25, 0.3) is 11.4 Å². The van der Waals surface area contributed by atoms with Crippen LogP contribution in [0.1, 0.15) is 18.7 Å². The Labute approximate surface area is 190 Å². The average Bonchev–Trinajstić information content (AvgIpc) is 3.32. The lowest BCUT2D eigenvalue weighted by molar-refractivity contribution is -0.132. The first-order valence-electron chi connectivity index (χ1n) is 11.0. The highest BCUT2D eigenvalue weighted by molar-refractivity contribution is 6.21. The quantitative estimate of drug-likeness (QED) is 0.560. The van der Waals surface area contributed by atoms with Gasteiger partial charge in [0.2, 0.25) is 17.6 Å². The number of carbonyl (C=O) groups is 3. The molecule has 0 aliphatic carbocycles. The summed E-state index contributed by atoms with van der Waals surface area (Å²) in [6.07, 6.45) is 1.11. The third kappa shape index (κ3) is 4.09. The minimum atomic E-state index is -0.669. The van der Waals surface area contributed by atoms with E-state index in [2.05, 4.69) is 10.1 Å². The monoisotopic (exact) mass is 445 g/mol. The van der Waals surface area contributed by atoms with Crippen molar-refractivity contribution < 1.29 is 18.9 Å². The number of fused-ring (bicyclic) bond motifs is 1. The molecular weight excluding hydrogens is 422 g/mol. The molecule has 3 heterocycles.